The number of thiocarbonyl (C=S) groups is 1. The fraction of sp³-hybridized carbons (Fsp3) is 0.214. The number of amides is 1. The highest BCUT2D eigenvalue weighted by molar-refractivity contribution is 14.1. The largest absolute Gasteiger partial charge is 0.481 e. The Bertz CT molecular complexity index is 678. The molecule has 0 saturated carbocycles. The van der Waals surface area contributed by atoms with Crippen molar-refractivity contribution in [1.29, 1.82) is 0 Å². The minimum Gasteiger partial charge on any atom is -0.481 e. The summed E-state index contributed by atoms with van der Waals surface area (Å²) >= 11 is 8.30. The van der Waals surface area contributed by atoms with E-state index in [1.165, 1.54) is 17.0 Å². The molecule has 0 bridgehead atoms. The number of carboxylic acids is 1. The minimum absolute atomic E-state index is 0.0262. The lowest BCUT2D eigenvalue weighted by Gasteiger charge is -2.13. The molecule has 1 aliphatic heterocycles. The molecule has 1 heterocycles. The Morgan fingerprint density at radius 3 is 2.91 bits per heavy atom. The molecule has 116 valence electrons. The summed E-state index contributed by atoms with van der Waals surface area (Å²) < 4.78 is 15.0. The summed E-state index contributed by atoms with van der Waals surface area (Å²) in [6.07, 6.45) is 1.78. The van der Waals surface area contributed by atoms with E-state index in [4.69, 9.17) is 17.3 Å². The molecule has 1 saturated heterocycles. The van der Waals surface area contributed by atoms with Gasteiger partial charge in [-0.25, -0.2) is 4.39 Å². The van der Waals surface area contributed by atoms with Gasteiger partial charge in [-0.3, -0.25) is 14.5 Å². The summed E-state index contributed by atoms with van der Waals surface area (Å²) in [4.78, 5) is 24.5. The molecule has 1 aliphatic rings. The van der Waals surface area contributed by atoms with Crippen LogP contribution in [0.1, 0.15) is 18.4 Å². The summed E-state index contributed by atoms with van der Waals surface area (Å²) in [5.41, 5.74) is 0.331. The third-order valence-corrected chi connectivity index (χ3v) is 4.94. The molecule has 8 heteroatoms. The molecule has 0 radical (unpaired) electrons. The summed E-state index contributed by atoms with van der Waals surface area (Å²) in [7, 11) is 0. The number of benzene rings is 1. The van der Waals surface area contributed by atoms with Gasteiger partial charge >= 0.3 is 5.97 Å². The van der Waals surface area contributed by atoms with Gasteiger partial charge < -0.3 is 5.11 Å². The number of hydrogen-bond acceptors (Lipinski definition) is 4. The summed E-state index contributed by atoms with van der Waals surface area (Å²) in [5, 5.41) is 8.63. The average molecular weight is 451 g/mol. The number of aliphatic carboxylic acids is 1. The molecule has 1 N–H and O–H groups in total. The van der Waals surface area contributed by atoms with Crippen LogP contribution in [0.15, 0.2) is 23.1 Å². The third-order valence-electron chi connectivity index (χ3n) is 2.89. The number of carboxylic acid groups (broad SMARTS) is 1. The molecule has 1 amide bonds. The van der Waals surface area contributed by atoms with E-state index < -0.39 is 11.8 Å². The first kappa shape index (κ1) is 17.4. The van der Waals surface area contributed by atoms with Crippen LogP contribution in [0.25, 0.3) is 6.08 Å². The molecule has 0 unspecified atom stereocenters. The van der Waals surface area contributed by atoms with Gasteiger partial charge in [-0.15, -0.1) is 0 Å². The highest BCUT2D eigenvalue weighted by atomic mass is 127. The second-order valence-corrected chi connectivity index (χ2v) is 7.42. The van der Waals surface area contributed by atoms with E-state index in [2.05, 4.69) is 22.6 Å². The Labute approximate surface area is 149 Å². The van der Waals surface area contributed by atoms with E-state index in [9.17, 15) is 14.0 Å². The Balaban J connectivity index is 2.15. The maximum atomic E-state index is 13.8. The van der Waals surface area contributed by atoms with Crippen LogP contribution in [0.2, 0.25) is 0 Å². The standard InChI is InChI=1S/C14H11FINO3S2/c15-10-4-3-9(16)6-8(10)7-11-13(20)17(14(21)22-11)5-1-2-12(18)19/h3-4,6-7H,1-2,5H2,(H,18,19). The van der Waals surface area contributed by atoms with E-state index in [1.54, 1.807) is 12.1 Å². The number of carbonyl (C=O) groups excluding carboxylic acids is 1. The van der Waals surface area contributed by atoms with Crippen LogP contribution in [0.4, 0.5) is 4.39 Å². The lowest BCUT2D eigenvalue weighted by molar-refractivity contribution is -0.137. The molecular formula is C14H11FINO3S2. The van der Waals surface area contributed by atoms with Crippen molar-refractivity contribution in [2.24, 2.45) is 0 Å². The Morgan fingerprint density at radius 1 is 1.50 bits per heavy atom. The zero-order chi connectivity index (χ0) is 16.3. The van der Waals surface area contributed by atoms with Crippen molar-refractivity contribution in [2.75, 3.05) is 6.54 Å². The molecule has 0 aromatic heterocycles. The fourth-order valence-corrected chi connectivity index (χ4v) is 3.66. The molecular weight excluding hydrogens is 440 g/mol. The predicted octanol–water partition coefficient (Wildman–Crippen LogP) is 3.50. The molecule has 22 heavy (non-hydrogen) atoms. The highest BCUT2D eigenvalue weighted by Crippen LogP contribution is 2.33. The molecule has 1 aromatic carbocycles. The van der Waals surface area contributed by atoms with Crippen molar-refractivity contribution in [3.63, 3.8) is 0 Å². The second-order valence-electron chi connectivity index (χ2n) is 4.50. The van der Waals surface area contributed by atoms with E-state index in [1.807, 2.05) is 0 Å². The SMILES string of the molecule is O=C(O)CCCN1C(=O)C(=Cc2cc(I)ccc2F)SC1=S. The van der Waals surface area contributed by atoms with Crippen molar-refractivity contribution < 1.29 is 19.1 Å². The van der Waals surface area contributed by atoms with Crippen molar-refractivity contribution in [3.8, 4) is 0 Å². The first-order valence-corrected chi connectivity index (χ1v) is 8.61. The monoisotopic (exact) mass is 451 g/mol. The van der Waals surface area contributed by atoms with Gasteiger partial charge in [0.2, 0.25) is 0 Å². The maximum absolute atomic E-state index is 13.8. The molecule has 2 rings (SSSR count). The second kappa shape index (κ2) is 7.51. The Hall–Kier alpha value is -1.000. The van der Waals surface area contributed by atoms with Gasteiger partial charge in [0.05, 0.1) is 4.91 Å². The van der Waals surface area contributed by atoms with E-state index in [0.29, 0.717) is 21.2 Å². The lowest BCUT2D eigenvalue weighted by Crippen LogP contribution is -2.29. The smallest absolute Gasteiger partial charge is 0.303 e. The number of halogens is 2. The van der Waals surface area contributed by atoms with Crippen molar-refractivity contribution in [3.05, 3.63) is 38.1 Å². The summed E-state index contributed by atoms with van der Waals surface area (Å²) in [6.45, 7) is 0.253. The Kier molecular flexibility index (Phi) is 5.93. The van der Waals surface area contributed by atoms with Crippen molar-refractivity contribution >= 4 is 68.8 Å². The van der Waals surface area contributed by atoms with Gasteiger partial charge in [0.25, 0.3) is 5.91 Å². The van der Waals surface area contributed by atoms with Gasteiger partial charge in [-0.1, -0.05) is 24.0 Å². The van der Waals surface area contributed by atoms with E-state index in [0.717, 1.165) is 15.3 Å². The lowest BCUT2D eigenvalue weighted by atomic mass is 10.2. The van der Waals surface area contributed by atoms with Crippen LogP contribution in [0.3, 0.4) is 0 Å². The number of hydrogen-bond donors (Lipinski definition) is 1. The zero-order valence-electron chi connectivity index (χ0n) is 11.2. The highest BCUT2D eigenvalue weighted by Gasteiger charge is 2.31. The van der Waals surface area contributed by atoms with Crippen molar-refractivity contribution in [2.45, 2.75) is 12.8 Å². The van der Waals surface area contributed by atoms with Gasteiger partial charge in [0.15, 0.2) is 0 Å². The first-order valence-electron chi connectivity index (χ1n) is 6.30. The quantitative estimate of drug-likeness (QED) is 0.422. The molecule has 4 nitrogen and oxygen atoms in total. The third kappa shape index (κ3) is 4.26. The molecule has 1 aromatic rings. The van der Waals surface area contributed by atoms with E-state index in [-0.39, 0.29) is 18.9 Å². The van der Waals surface area contributed by atoms with Gasteiger partial charge in [-0.2, -0.15) is 0 Å². The fourth-order valence-electron chi connectivity index (χ4n) is 1.85. The molecule has 0 spiro atoms. The van der Waals surface area contributed by atoms with E-state index >= 15 is 0 Å². The van der Waals surface area contributed by atoms with Crippen LogP contribution < -0.4 is 0 Å². The number of thioether (sulfide) groups is 1. The predicted molar refractivity (Wildman–Crippen MR) is 95.9 cm³/mol. The van der Waals surface area contributed by atoms with Crippen LogP contribution in [0.5, 0.6) is 0 Å². The molecule has 0 atom stereocenters. The topological polar surface area (TPSA) is 57.6 Å². The molecule has 0 aliphatic carbocycles. The Morgan fingerprint density at radius 2 is 2.23 bits per heavy atom. The average Bonchev–Trinajstić information content (AvgIpc) is 2.70. The maximum Gasteiger partial charge on any atom is 0.303 e. The number of rotatable bonds is 5. The van der Waals surface area contributed by atoms with Gasteiger partial charge in [-0.05, 0) is 53.3 Å². The van der Waals surface area contributed by atoms with Crippen LogP contribution in [-0.2, 0) is 9.59 Å². The van der Waals surface area contributed by atoms with Gasteiger partial charge in [0.1, 0.15) is 10.1 Å². The number of nitrogens with zero attached hydrogens (tertiary/aromatic N) is 1. The normalized spacial score (nSPS) is 16.6. The minimum atomic E-state index is -0.915. The molecule has 1 fully saturated rings. The zero-order valence-corrected chi connectivity index (χ0v) is 15.0. The summed E-state index contributed by atoms with van der Waals surface area (Å²) in [6, 6.07) is 4.64. The first-order chi connectivity index (χ1) is 10.4. The number of carbonyl (C=O) groups is 2. The van der Waals surface area contributed by atoms with Crippen LogP contribution in [0, 0.1) is 9.39 Å². The van der Waals surface area contributed by atoms with Gasteiger partial charge in [0, 0.05) is 22.1 Å². The van der Waals surface area contributed by atoms with Crippen LogP contribution >= 0.6 is 46.6 Å². The van der Waals surface area contributed by atoms with Crippen LogP contribution in [-0.4, -0.2) is 32.7 Å². The summed E-state index contributed by atoms with van der Waals surface area (Å²) in [5.74, 6) is -1.63. The van der Waals surface area contributed by atoms with Crippen molar-refractivity contribution in [1.82, 2.24) is 4.90 Å².